The van der Waals surface area contributed by atoms with Gasteiger partial charge in [-0.1, -0.05) is 0 Å². The number of likely N-dealkylation sites (tertiary alicyclic amines) is 1. The average molecular weight is 182 g/mol. The van der Waals surface area contributed by atoms with Gasteiger partial charge >= 0.3 is 0 Å². The fraction of sp³-hybridized carbons (Fsp3) is 0.900. The molecule has 2 heterocycles. The van der Waals surface area contributed by atoms with E-state index >= 15 is 0 Å². The van der Waals surface area contributed by atoms with Gasteiger partial charge in [0.1, 0.15) is 0 Å². The molecule has 1 amide bonds. The molecule has 3 heteroatoms. The molecule has 0 aromatic carbocycles. The number of nitrogens with zero attached hydrogens (tertiary/aromatic N) is 1. The van der Waals surface area contributed by atoms with Crippen LogP contribution in [0.4, 0.5) is 0 Å². The molecule has 1 N–H and O–H groups in total. The first-order valence-corrected chi connectivity index (χ1v) is 5.18. The number of hydrogen-bond acceptors (Lipinski definition) is 2. The molecule has 0 radical (unpaired) electrons. The molecule has 3 nitrogen and oxygen atoms in total. The summed E-state index contributed by atoms with van der Waals surface area (Å²) >= 11 is 0. The predicted octanol–water partition coefficient (Wildman–Crippen LogP) is 0.608. The van der Waals surface area contributed by atoms with Gasteiger partial charge in [0, 0.05) is 20.0 Å². The van der Waals surface area contributed by atoms with Gasteiger partial charge in [-0.2, -0.15) is 0 Å². The minimum absolute atomic E-state index is 0.246. The lowest BCUT2D eigenvalue weighted by Gasteiger charge is -2.33. The zero-order chi connectivity index (χ0) is 9.31. The molecule has 2 fully saturated rings. The topological polar surface area (TPSA) is 32.3 Å². The van der Waals surface area contributed by atoms with Crippen LogP contribution in [0, 0.1) is 5.41 Å². The summed E-state index contributed by atoms with van der Waals surface area (Å²) in [5.74, 6) is 0.246. The first kappa shape index (κ1) is 9.00. The number of carbonyl (C=O) groups is 1. The highest BCUT2D eigenvalue weighted by molar-refractivity contribution is 5.73. The molecule has 0 saturated carbocycles. The van der Waals surface area contributed by atoms with E-state index in [1.54, 1.807) is 6.92 Å². The second kappa shape index (κ2) is 3.29. The van der Waals surface area contributed by atoms with E-state index in [-0.39, 0.29) is 5.91 Å². The zero-order valence-electron chi connectivity index (χ0n) is 8.31. The minimum Gasteiger partial charge on any atom is -0.342 e. The standard InChI is InChI=1S/C10H18N2O/c1-9(13)12-7-4-10(8-12)2-5-11-6-3-10/h11H,2-8H2,1H3. The van der Waals surface area contributed by atoms with Crippen molar-refractivity contribution in [3.05, 3.63) is 0 Å². The van der Waals surface area contributed by atoms with Crippen molar-refractivity contribution < 1.29 is 4.79 Å². The molecular formula is C10H18N2O. The summed E-state index contributed by atoms with van der Waals surface area (Å²) in [6, 6.07) is 0. The summed E-state index contributed by atoms with van der Waals surface area (Å²) in [6.45, 7) is 5.93. The Morgan fingerprint density at radius 1 is 1.31 bits per heavy atom. The Balaban J connectivity index is 1.98. The minimum atomic E-state index is 0.246. The summed E-state index contributed by atoms with van der Waals surface area (Å²) in [7, 11) is 0. The van der Waals surface area contributed by atoms with Gasteiger partial charge < -0.3 is 10.2 Å². The normalized spacial score (nSPS) is 26.7. The Labute approximate surface area is 79.5 Å². The van der Waals surface area contributed by atoms with Gasteiger partial charge in [0.2, 0.25) is 5.91 Å². The molecule has 0 aliphatic carbocycles. The summed E-state index contributed by atoms with van der Waals surface area (Å²) in [5, 5.41) is 3.38. The van der Waals surface area contributed by atoms with Crippen LogP contribution < -0.4 is 5.32 Å². The van der Waals surface area contributed by atoms with Crippen LogP contribution in [0.1, 0.15) is 26.2 Å². The molecule has 2 aliphatic rings. The lowest BCUT2D eigenvalue weighted by Crippen LogP contribution is -2.39. The van der Waals surface area contributed by atoms with E-state index in [1.165, 1.54) is 19.3 Å². The van der Waals surface area contributed by atoms with E-state index in [9.17, 15) is 4.79 Å². The van der Waals surface area contributed by atoms with E-state index in [1.807, 2.05) is 4.90 Å². The van der Waals surface area contributed by atoms with E-state index in [0.717, 1.165) is 26.2 Å². The van der Waals surface area contributed by atoms with Crippen molar-refractivity contribution in [1.82, 2.24) is 10.2 Å². The third kappa shape index (κ3) is 1.70. The maximum Gasteiger partial charge on any atom is 0.219 e. The SMILES string of the molecule is CC(=O)N1CCC2(CCNCC2)C1. The highest BCUT2D eigenvalue weighted by Gasteiger charge is 2.39. The summed E-state index contributed by atoms with van der Waals surface area (Å²) in [5.41, 5.74) is 0.469. The Hall–Kier alpha value is -0.570. The molecular weight excluding hydrogens is 164 g/mol. The van der Waals surface area contributed by atoms with Crippen molar-refractivity contribution in [2.75, 3.05) is 26.2 Å². The second-order valence-corrected chi connectivity index (χ2v) is 4.44. The van der Waals surface area contributed by atoms with E-state index in [2.05, 4.69) is 5.32 Å². The van der Waals surface area contributed by atoms with Gasteiger partial charge in [-0.05, 0) is 37.8 Å². The molecule has 0 aromatic heterocycles. The van der Waals surface area contributed by atoms with Crippen LogP contribution >= 0.6 is 0 Å². The van der Waals surface area contributed by atoms with Crippen LogP contribution in [0.3, 0.4) is 0 Å². The molecule has 2 aliphatic heterocycles. The van der Waals surface area contributed by atoms with Crippen LogP contribution in [0.25, 0.3) is 0 Å². The van der Waals surface area contributed by atoms with Crippen molar-refractivity contribution in [3.8, 4) is 0 Å². The summed E-state index contributed by atoms with van der Waals surface area (Å²) < 4.78 is 0. The van der Waals surface area contributed by atoms with E-state index in [0.29, 0.717) is 5.41 Å². The second-order valence-electron chi connectivity index (χ2n) is 4.44. The quantitative estimate of drug-likeness (QED) is 0.595. The number of piperidine rings is 1. The van der Waals surface area contributed by atoms with Gasteiger partial charge in [-0.25, -0.2) is 0 Å². The average Bonchev–Trinajstić information content (AvgIpc) is 2.51. The van der Waals surface area contributed by atoms with Gasteiger partial charge in [-0.15, -0.1) is 0 Å². The van der Waals surface area contributed by atoms with E-state index < -0.39 is 0 Å². The van der Waals surface area contributed by atoms with Crippen LogP contribution in [0.15, 0.2) is 0 Å². The van der Waals surface area contributed by atoms with Gasteiger partial charge in [0.15, 0.2) is 0 Å². The zero-order valence-corrected chi connectivity index (χ0v) is 8.31. The molecule has 2 saturated heterocycles. The van der Waals surface area contributed by atoms with Crippen molar-refractivity contribution in [1.29, 1.82) is 0 Å². The lowest BCUT2D eigenvalue weighted by molar-refractivity contribution is -0.128. The monoisotopic (exact) mass is 182 g/mol. The predicted molar refractivity (Wildman–Crippen MR) is 51.4 cm³/mol. The van der Waals surface area contributed by atoms with Crippen molar-refractivity contribution in [2.24, 2.45) is 5.41 Å². The summed E-state index contributed by atoms with van der Waals surface area (Å²) in [4.78, 5) is 13.2. The number of amides is 1. The Morgan fingerprint density at radius 2 is 2.00 bits per heavy atom. The first-order valence-electron chi connectivity index (χ1n) is 5.18. The third-order valence-electron chi connectivity index (χ3n) is 3.55. The van der Waals surface area contributed by atoms with Crippen molar-refractivity contribution in [2.45, 2.75) is 26.2 Å². The molecule has 74 valence electrons. The number of nitrogens with one attached hydrogen (secondary N) is 1. The molecule has 0 aromatic rings. The largest absolute Gasteiger partial charge is 0.342 e. The van der Waals surface area contributed by atoms with Crippen molar-refractivity contribution in [3.63, 3.8) is 0 Å². The molecule has 1 spiro atoms. The van der Waals surface area contributed by atoms with Crippen LogP contribution in [-0.2, 0) is 4.79 Å². The fourth-order valence-corrected chi connectivity index (χ4v) is 2.57. The third-order valence-corrected chi connectivity index (χ3v) is 3.55. The van der Waals surface area contributed by atoms with Gasteiger partial charge in [0.25, 0.3) is 0 Å². The maximum absolute atomic E-state index is 11.2. The Kier molecular flexibility index (Phi) is 2.28. The van der Waals surface area contributed by atoms with Crippen LogP contribution in [0.5, 0.6) is 0 Å². The lowest BCUT2D eigenvalue weighted by atomic mass is 9.78. The Bertz CT molecular complexity index is 209. The number of hydrogen-bond donors (Lipinski definition) is 1. The molecule has 0 atom stereocenters. The molecule has 0 unspecified atom stereocenters. The highest BCUT2D eigenvalue weighted by Crippen LogP contribution is 2.38. The smallest absolute Gasteiger partial charge is 0.219 e. The van der Waals surface area contributed by atoms with Gasteiger partial charge in [-0.3, -0.25) is 4.79 Å². The van der Waals surface area contributed by atoms with Crippen molar-refractivity contribution >= 4 is 5.91 Å². The molecule has 2 rings (SSSR count). The van der Waals surface area contributed by atoms with Crippen LogP contribution in [0.2, 0.25) is 0 Å². The van der Waals surface area contributed by atoms with Gasteiger partial charge in [0.05, 0.1) is 0 Å². The first-order chi connectivity index (χ1) is 6.22. The number of rotatable bonds is 0. The summed E-state index contributed by atoms with van der Waals surface area (Å²) in [6.07, 6.45) is 3.71. The maximum atomic E-state index is 11.2. The molecule has 0 bridgehead atoms. The van der Waals surface area contributed by atoms with Crippen LogP contribution in [-0.4, -0.2) is 37.0 Å². The highest BCUT2D eigenvalue weighted by atomic mass is 16.2. The van der Waals surface area contributed by atoms with E-state index in [4.69, 9.17) is 0 Å². The number of carbonyl (C=O) groups excluding carboxylic acids is 1. The Morgan fingerprint density at radius 3 is 2.54 bits per heavy atom. The fourth-order valence-electron chi connectivity index (χ4n) is 2.57. The molecule has 13 heavy (non-hydrogen) atoms.